The number of hydrogen-bond acceptors (Lipinski definition) is 8. The normalized spacial score (nSPS) is 17.8. The average Bonchev–Trinajstić information content (AvgIpc) is 3.26. The molecule has 2 aliphatic rings. The van der Waals surface area contributed by atoms with E-state index in [0.717, 1.165) is 81.3 Å². The van der Waals surface area contributed by atoms with Crippen LogP contribution >= 0.6 is 0 Å². The Morgan fingerprint density at radius 3 is 2.61 bits per heavy atom. The predicted octanol–water partition coefficient (Wildman–Crippen LogP) is 1.57. The van der Waals surface area contributed by atoms with Crippen LogP contribution in [0.25, 0.3) is 11.0 Å². The number of hydrogen-bond donors (Lipinski definition) is 0. The van der Waals surface area contributed by atoms with Gasteiger partial charge in [0.25, 0.3) is 0 Å². The van der Waals surface area contributed by atoms with E-state index in [0.29, 0.717) is 6.61 Å². The van der Waals surface area contributed by atoms with Gasteiger partial charge in [0.1, 0.15) is 24.6 Å². The zero-order valence-corrected chi connectivity index (χ0v) is 19.1. The van der Waals surface area contributed by atoms with Crippen molar-refractivity contribution in [2.75, 3.05) is 62.2 Å². The van der Waals surface area contributed by atoms with E-state index in [9.17, 15) is 0 Å². The molecule has 33 heavy (non-hydrogen) atoms. The van der Waals surface area contributed by atoms with Crippen LogP contribution in [0.15, 0.2) is 36.9 Å². The lowest BCUT2D eigenvalue weighted by atomic mass is 10.1. The minimum atomic E-state index is 0.253. The quantitative estimate of drug-likeness (QED) is 0.547. The van der Waals surface area contributed by atoms with E-state index in [1.165, 1.54) is 0 Å². The van der Waals surface area contributed by atoms with Gasteiger partial charge in [0.2, 0.25) is 0 Å². The fourth-order valence-corrected chi connectivity index (χ4v) is 4.49. The highest BCUT2D eigenvalue weighted by molar-refractivity contribution is 5.86. The smallest absolute Gasteiger partial charge is 0.163 e. The van der Waals surface area contributed by atoms with Crippen LogP contribution in [0.2, 0.25) is 0 Å². The molecule has 0 unspecified atom stereocenters. The summed E-state index contributed by atoms with van der Waals surface area (Å²) in [5.74, 6) is 8.52. The van der Waals surface area contributed by atoms with Gasteiger partial charge in [-0.2, -0.15) is 5.10 Å². The van der Waals surface area contributed by atoms with E-state index in [4.69, 9.17) is 4.74 Å². The Balaban J connectivity index is 1.02. The summed E-state index contributed by atoms with van der Waals surface area (Å²) < 4.78 is 7.83. The first kappa shape index (κ1) is 21.6. The highest BCUT2D eigenvalue weighted by atomic mass is 16.5. The zero-order valence-electron chi connectivity index (χ0n) is 19.1. The first-order valence-electron chi connectivity index (χ1n) is 11.6. The molecule has 0 saturated carbocycles. The molecular formula is C24H30N8O. The van der Waals surface area contributed by atoms with Crippen molar-refractivity contribution in [1.82, 2.24) is 29.6 Å². The number of piperazine rings is 1. The molecule has 0 aliphatic carbocycles. The van der Waals surface area contributed by atoms with E-state index in [1.54, 1.807) is 11.0 Å². The number of aromatic nitrogens is 5. The van der Waals surface area contributed by atoms with Crippen molar-refractivity contribution in [2.24, 2.45) is 7.05 Å². The molecule has 0 atom stereocenters. The lowest BCUT2D eigenvalue weighted by molar-refractivity contribution is 0.0594. The fraction of sp³-hybridized carbons (Fsp3) is 0.500. The first-order valence-corrected chi connectivity index (χ1v) is 11.6. The minimum Gasteiger partial charge on any atom is -0.365 e. The molecule has 0 radical (unpaired) electrons. The van der Waals surface area contributed by atoms with Crippen LogP contribution in [-0.2, 0) is 11.8 Å². The second kappa shape index (κ2) is 10.1. The number of ether oxygens (including phenoxy) is 1. The van der Waals surface area contributed by atoms with Crippen LogP contribution in [0.4, 0.5) is 11.6 Å². The number of aryl methyl sites for hydroxylation is 1. The maximum atomic E-state index is 6.04. The lowest BCUT2D eigenvalue weighted by Gasteiger charge is -2.34. The summed E-state index contributed by atoms with van der Waals surface area (Å²) in [5, 5.41) is 5.32. The van der Waals surface area contributed by atoms with Gasteiger partial charge in [-0.05, 0) is 25.0 Å². The number of nitrogens with zero attached hydrogens (tertiary/aromatic N) is 8. The highest BCUT2D eigenvalue weighted by Crippen LogP contribution is 2.25. The number of piperidine rings is 1. The van der Waals surface area contributed by atoms with Crippen molar-refractivity contribution in [2.45, 2.75) is 18.9 Å². The minimum absolute atomic E-state index is 0.253. The Kier molecular flexibility index (Phi) is 6.65. The third kappa shape index (κ3) is 5.07. The first-order chi connectivity index (χ1) is 16.3. The van der Waals surface area contributed by atoms with Gasteiger partial charge >= 0.3 is 0 Å². The van der Waals surface area contributed by atoms with E-state index in [2.05, 4.69) is 52.7 Å². The summed E-state index contributed by atoms with van der Waals surface area (Å²) in [6.45, 7) is 7.14. The maximum absolute atomic E-state index is 6.04. The second-order valence-electron chi connectivity index (χ2n) is 8.50. The van der Waals surface area contributed by atoms with Crippen molar-refractivity contribution >= 4 is 22.7 Å². The molecule has 0 N–H and O–H groups in total. The maximum Gasteiger partial charge on any atom is 0.163 e. The van der Waals surface area contributed by atoms with E-state index >= 15 is 0 Å². The van der Waals surface area contributed by atoms with Crippen molar-refractivity contribution in [1.29, 1.82) is 0 Å². The Bertz CT molecular complexity index is 1110. The van der Waals surface area contributed by atoms with E-state index < -0.39 is 0 Å². The molecule has 9 nitrogen and oxygen atoms in total. The van der Waals surface area contributed by atoms with Crippen LogP contribution in [-0.4, -0.2) is 88.2 Å². The third-order valence-corrected chi connectivity index (χ3v) is 6.41. The van der Waals surface area contributed by atoms with Gasteiger partial charge in [-0.1, -0.05) is 17.9 Å². The van der Waals surface area contributed by atoms with E-state index in [1.807, 2.05) is 31.6 Å². The van der Waals surface area contributed by atoms with Crippen LogP contribution in [0.1, 0.15) is 12.8 Å². The SMILES string of the molecule is Cn1ncc2c(N3CCC(OCC#CCN4CCN(c5ccccn5)CC4)CC3)ncnc21. The van der Waals surface area contributed by atoms with Gasteiger partial charge in [-0.3, -0.25) is 9.58 Å². The molecule has 9 heteroatoms. The lowest BCUT2D eigenvalue weighted by Crippen LogP contribution is -2.46. The molecule has 2 fully saturated rings. The fourth-order valence-electron chi connectivity index (χ4n) is 4.49. The van der Waals surface area contributed by atoms with Gasteiger partial charge in [0.15, 0.2) is 5.65 Å². The Labute approximate surface area is 194 Å². The standard InChI is InChI=1S/C24H30N8O/c1-29-23-21(18-28-29)24(27-19-26-23)32-11-7-20(8-12-32)33-17-5-4-10-30-13-15-31(16-14-30)22-6-2-3-9-25-22/h2-3,6,9,18-20H,7-8,10-17H2,1H3. The monoisotopic (exact) mass is 446 g/mol. The van der Waals surface area contributed by atoms with Crippen LogP contribution in [0, 0.1) is 11.8 Å². The summed E-state index contributed by atoms with van der Waals surface area (Å²) in [4.78, 5) is 20.3. The molecule has 0 spiro atoms. The summed E-state index contributed by atoms with van der Waals surface area (Å²) >= 11 is 0. The van der Waals surface area contributed by atoms with Crippen molar-refractivity contribution < 1.29 is 4.74 Å². The topological polar surface area (TPSA) is 75.4 Å². The molecule has 3 aromatic rings. The molecule has 0 aromatic carbocycles. The number of rotatable bonds is 5. The van der Waals surface area contributed by atoms with E-state index in [-0.39, 0.29) is 6.10 Å². The van der Waals surface area contributed by atoms with Gasteiger partial charge in [0, 0.05) is 52.5 Å². The molecule has 2 aliphatic heterocycles. The van der Waals surface area contributed by atoms with Crippen LogP contribution < -0.4 is 9.80 Å². The molecule has 5 heterocycles. The van der Waals surface area contributed by atoms with Gasteiger partial charge < -0.3 is 14.5 Å². The summed E-state index contributed by atoms with van der Waals surface area (Å²) in [6.07, 6.45) is 7.53. The molecule has 172 valence electrons. The zero-order chi connectivity index (χ0) is 22.5. The van der Waals surface area contributed by atoms with Crippen molar-refractivity contribution in [3.63, 3.8) is 0 Å². The van der Waals surface area contributed by atoms with Crippen molar-refractivity contribution in [3.8, 4) is 11.8 Å². The molecule has 0 bridgehead atoms. The number of pyridine rings is 1. The van der Waals surface area contributed by atoms with Gasteiger partial charge in [-0.25, -0.2) is 15.0 Å². The highest BCUT2D eigenvalue weighted by Gasteiger charge is 2.23. The Hall–Kier alpha value is -3.22. The van der Waals surface area contributed by atoms with Gasteiger partial charge in [0.05, 0.1) is 24.2 Å². The van der Waals surface area contributed by atoms with Crippen LogP contribution in [0.5, 0.6) is 0 Å². The largest absolute Gasteiger partial charge is 0.365 e. The molecule has 3 aromatic heterocycles. The van der Waals surface area contributed by atoms with Crippen molar-refractivity contribution in [3.05, 3.63) is 36.9 Å². The Morgan fingerprint density at radius 2 is 1.82 bits per heavy atom. The molecular weight excluding hydrogens is 416 g/mol. The summed E-state index contributed by atoms with van der Waals surface area (Å²) in [7, 11) is 1.91. The summed E-state index contributed by atoms with van der Waals surface area (Å²) in [6, 6.07) is 6.07. The average molecular weight is 447 g/mol. The predicted molar refractivity (Wildman–Crippen MR) is 128 cm³/mol. The summed E-state index contributed by atoms with van der Waals surface area (Å²) in [5.41, 5.74) is 0.867. The molecule has 0 amide bonds. The second-order valence-corrected chi connectivity index (χ2v) is 8.50. The number of fused-ring (bicyclic) bond motifs is 1. The number of anilines is 2. The van der Waals surface area contributed by atoms with Crippen LogP contribution in [0.3, 0.4) is 0 Å². The molecule has 2 saturated heterocycles. The third-order valence-electron chi connectivity index (χ3n) is 6.41. The molecule has 5 rings (SSSR count). The van der Waals surface area contributed by atoms with Gasteiger partial charge in [-0.15, -0.1) is 0 Å². The Morgan fingerprint density at radius 1 is 0.970 bits per heavy atom.